The number of hydrogen-bond donors (Lipinski definition) is 1. The van der Waals surface area contributed by atoms with Crippen LogP contribution in [-0.2, 0) is 11.2 Å². The van der Waals surface area contributed by atoms with Crippen LogP contribution in [0.1, 0.15) is 36.3 Å². The maximum Gasteiger partial charge on any atom is 0.411 e. The number of ether oxygens (including phenoxy) is 1. The molecule has 1 unspecified atom stereocenters. The van der Waals surface area contributed by atoms with Crippen LogP contribution in [0.15, 0.2) is 0 Å². The lowest BCUT2D eigenvalue weighted by Gasteiger charge is -2.11. The Morgan fingerprint density at radius 1 is 1.32 bits per heavy atom. The molecule has 0 saturated carbocycles. The molecule has 0 radical (unpaired) electrons. The fourth-order valence-electron chi connectivity index (χ4n) is 1.51. The molecule has 1 atom stereocenters. The Morgan fingerprint density at radius 2 is 2.05 bits per heavy atom. The Bertz CT molecular complexity index is 370. The van der Waals surface area contributed by atoms with Crippen LogP contribution in [0.4, 0.5) is 13.2 Å². The van der Waals surface area contributed by atoms with E-state index >= 15 is 0 Å². The zero-order valence-corrected chi connectivity index (χ0v) is 11.8. The minimum absolute atomic E-state index is 0.00609. The van der Waals surface area contributed by atoms with E-state index in [0.717, 1.165) is 18.0 Å². The van der Waals surface area contributed by atoms with Crippen LogP contribution in [0.5, 0.6) is 0 Å². The molecule has 0 spiro atoms. The van der Waals surface area contributed by atoms with Crippen LogP contribution in [-0.4, -0.2) is 36.1 Å². The van der Waals surface area contributed by atoms with Gasteiger partial charge < -0.3 is 10.1 Å². The van der Waals surface area contributed by atoms with E-state index in [-0.39, 0.29) is 12.6 Å². The fourth-order valence-corrected chi connectivity index (χ4v) is 2.49. The molecule has 0 fully saturated rings. The highest BCUT2D eigenvalue weighted by Crippen LogP contribution is 2.21. The third kappa shape index (κ3) is 6.31. The van der Waals surface area contributed by atoms with Crippen LogP contribution < -0.4 is 5.32 Å². The predicted molar refractivity (Wildman–Crippen MR) is 67.2 cm³/mol. The highest BCUT2D eigenvalue weighted by atomic mass is 32.1. The molecule has 1 rings (SSSR count). The summed E-state index contributed by atoms with van der Waals surface area (Å²) < 4.78 is 40.1. The van der Waals surface area contributed by atoms with Crippen LogP contribution >= 0.6 is 11.3 Å². The van der Waals surface area contributed by atoms with E-state index < -0.39 is 12.8 Å². The van der Waals surface area contributed by atoms with Gasteiger partial charge in [0.15, 0.2) is 0 Å². The first kappa shape index (κ1) is 16.3. The van der Waals surface area contributed by atoms with Crippen molar-refractivity contribution < 1.29 is 17.9 Å². The Hall–Kier alpha value is -0.730. The van der Waals surface area contributed by atoms with Crippen molar-refractivity contribution in [2.24, 2.45) is 0 Å². The number of halogens is 3. The summed E-state index contributed by atoms with van der Waals surface area (Å²) in [5.41, 5.74) is 0. The van der Waals surface area contributed by atoms with E-state index in [1.54, 1.807) is 0 Å². The quantitative estimate of drug-likeness (QED) is 0.750. The third-order valence-corrected chi connectivity index (χ3v) is 3.46. The van der Waals surface area contributed by atoms with Crippen LogP contribution in [0.25, 0.3) is 0 Å². The minimum atomic E-state index is -4.27. The summed E-state index contributed by atoms with van der Waals surface area (Å²) in [6, 6.07) is 0.160. The lowest BCUT2D eigenvalue weighted by atomic mass is 10.2. The summed E-state index contributed by atoms with van der Waals surface area (Å²) in [5.74, 6) is 0. The lowest BCUT2D eigenvalue weighted by Crippen LogP contribution is -2.19. The van der Waals surface area contributed by atoms with Gasteiger partial charge in [0.2, 0.25) is 0 Å². The first-order valence-corrected chi connectivity index (χ1v) is 6.98. The summed E-state index contributed by atoms with van der Waals surface area (Å²) in [4.78, 5) is 0. The van der Waals surface area contributed by atoms with Crippen molar-refractivity contribution in [1.82, 2.24) is 15.5 Å². The zero-order chi connectivity index (χ0) is 14.3. The van der Waals surface area contributed by atoms with Crippen molar-refractivity contribution in [2.45, 2.75) is 38.9 Å². The molecule has 1 N–H and O–H groups in total. The number of rotatable bonds is 8. The summed E-state index contributed by atoms with van der Waals surface area (Å²) >= 11 is 1.42. The minimum Gasteiger partial charge on any atom is -0.372 e. The van der Waals surface area contributed by atoms with Gasteiger partial charge >= 0.3 is 6.18 Å². The molecule has 4 nitrogen and oxygen atoms in total. The Labute approximate surface area is 114 Å². The van der Waals surface area contributed by atoms with Gasteiger partial charge in [0.25, 0.3) is 0 Å². The summed E-state index contributed by atoms with van der Waals surface area (Å²) in [6.45, 7) is 3.68. The molecule has 1 aromatic heterocycles. The van der Waals surface area contributed by atoms with Crippen molar-refractivity contribution in [3.05, 3.63) is 10.0 Å². The van der Waals surface area contributed by atoms with Crippen molar-refractivity contribution in [2.75, 3.05) is 19.8 Å². The Morgan fingerprint density at radius 3 is 2.63 bits per heavy atom. The van der Waals surface area contributed by atoms with E-state index in [9.17, 15) is 13.2 Å². The Kier molecular flexibility index (Phi) is 6.67. The van der Waals surface area contributed by atoms with Gasteiger partial charge in [0.1, 0.15) is 16.6 Å². The monoisotopic (exact) mass is 297 g/mol. The first-order valence-electron chi connectivity index (χ1n) is 6.16. The van der Waals surface area contributed by atoms with Gasteiger partial charge in [-0.25, -0.2) is 0 Å². The normalized spacial score (nSPS) is 13.7. The average molecular weight is 297 g/mol. The van der Waals surface area contributed by atoms with Crippen LogP contribution in [0.2, 0.25) is 0 Å². The third-order valence-electron chi connectivity index (χ3n) is 2.37. The molecule has 0 amide bonds. The summed E-state index contributed by atoms with van der Waals surface area (Å²) in [5, 5.41) is 12.9. The van der Waals surface area contributed by atoms with Crippen molar-refractivity contribution in [3.8, 4) is 0 Å². The van der Waals surface area contributed by atoms with E-state index in [4.69, 9.17) is 0 Å². The van der Waals surface area contributed by atoms with Gasteiger partial charge in [-0.3, -0.25) is 0 Å². The topological polar surface area (TPSA) is 47.0 Å². The van der Waals surface area contributed by atoms with Gasteiger partial charge in [-0.15, -0.1) is 10.2 Å². The zero-order valence-electron chi connectivity index (χ0n) is 11.0. The molecule has 19 heavy (non-hydrogen) atoms. The second kappa shape index (κ2) is 7.76. The average Bonchev–Trinajstić information content (AvgIpc) is 2.79. The molecule has 8 heteroatoms. The lowest BCUT2D eigenvalue weighted by molar-refractivity contribution is -0.173. The number of alkyl halides is 3. The van der Waals surface area contributed by atoms with E-state index in [2.05, 4.69) is 20.3 Å². The molecular weight excluding hydrogens is 279 g/mol. The molecule has 0 saturated heterocycles. The first-order chi connectivity index (χ1) is 8.96. The van der Waals surface area contributed by atoms with Gasteiger partial charge in [-0.2, -0.15) is 13.2 Å². The molecule has 110 valence electrons. The molecule has 0 aliphatic rings. The van der Waals surface area contributed by atoms with Gasteiger partial charge in [0, 0.05) is 6.42 Å². The summed E-state index contributed by atoms with van der Waals surface area (Å²) in [6.07, 6.45) is -3.02. The van der Waals surface area contributed by atoms with Crippen molar-refractivity contribution in [3.63, 3.8) is 0 Å². The maximum absolute atomic E-state index is 11.9. The molecule has 1 heterocycles. The van der Waals surface area contributed by atoms with E-state index in [0.29, 0.717) is 11.4 Å². The second-order valence-corrected chi connectivity index (χ2v) is 5.06. The summed E-state index contributed by atoms with van der Waals surface area (Å²) in [7, 11) is 0. The van der Waals surface area contributed by atoms with Crippen LogP contribution in [0.3, 0.4) is 0 Å². The van der Waals surface area contributed by atoms with Gasteiger partial charge in [-0.1, -0.05) is 25.2 Å². The van der Waals surface area contributed by atoms with E-state index in [1.165, 1.54) is 11.3 Å². The number of nitrogens with one attached hydrogen (secondary N) is 1. The maximum atomic E-state index is 11.9. The highest BCUT2D eigenvalue weighted by Gasteiger charge is 2.27. The number of aromatic nitrogens is 2. The fraction of sp³-hybridized carbons (Fsp3) is 0.818. The second-order valence-electron chi connectivity index (χ2n) is 3.97. The molecular formula is C11H18F3N3OS. The molecule has 0 bridgehead atoms. The van der Waals surface area contributed by atoms with Gasteiger partial charge in [-0.05, 0) is 13.0 Å². The molecule has 1 aromatic rings. The number of hydrogen-bond acceptors (Lipinski definition) is 5. The standard InChI is InChI=1S/C11H18F3N3OS/c1-3-8(15-4-2)10-17-16-9(19-10)5-6-18-7-11(12,13)14/h8,15H,3-7H2,1-2H3. The smallest absolute Gasteiger partial charge is 0.372 e. The molecule has 0 aliphatic heterocycles. The number of nitrogens with zero attached hydrogens (tertiary/aromatic N) is 2. The van der Waals surface area contributed by atoms with E-state index in [1.807, 2.05) is 13.8 Å². The predicted octanol–water partition coefficient (Wildman–Crippen LogP) is 2.72. The van der Waals surface area contributed by atoms with Crippen molar-refractivity contribution in [1.29, 1.82) is 0 Å². The van der Waals surface area contributed by atoms with Crippen molar-refractivity contribution >= 4 is 11.3 Å². The molecule has 0 aromatic carbocycles. The van der Waals surface area contributed by atoms with Crippen LogP contribution in [0, 0.1) is 0 Å². The Balaban J connectivity index is 2.38. The van der Waals surface area contributed by atoms with Gasteiger partial charge in [0.05, 0.1) is 12.6 Å². The highest BCUT2D eigenvalue weighted by molar-refractivity contribution is 7.11. The largest absolute Gasteiger partial charge is 0.411 e. The SMILES string of the molecule is CCNC(CC)c1nnc(CCOCC(F)(F)F)s1. The molecule has 0 aliphatic carbocycles.